The van der Waals surface area contributed by atoms with E-state index >= 15 is 0 Å². The number of aryl methyl sites for hydroxylation is 1. The van der Waals surface area contributed by atoms with Gasteiger partial charge in [0.15, 0.2) is 0 Å². The van der Waals surface area contributed by atoms with Crippen molar-refractivity contribution in [2.75, 3.05) is 0 Å². The van der Waals surface area contributed by atoms with Crippen molar-refractivity contribution in [2.24, 2.45) is 5.92 Å². The largest absolute Gasteiger partial charge is 0.508 e. The molecule has 2 aromatic carbocycles. The Labute approximate surface area is 158 Å². The summed E-state index contributed by atoms with van der Waals surface area (Å²) >= 11 is 6.14. The average Bonchev–Trinajstić information content (AvgIpc) is 3.15. The number of aromatic nitrogens is 1. The zero-order valence-electron chi connectivity index (χ0n) is 14.4. The van der Waals surface area contributed by atoms with Gasteiger partial charge in [-0.3, -0.25) is 0 Å². The third kappa shape index (κ3) is 3.37. The molecular weight excluding hydrogens is 346 g/mol. The summed E-state index contributed by atoms with van der Waals surface area (Å²) in [6.45, 7) is 0. The zero-order chi connectivity index (χ0) is 18.1. The molecular formula is C22H22ClNO2. The number of nitrogens with one attached hydrogen (secondary N) is 1. The number of hydrogen-bond donors (Lipinski definition) is 3. The Morgan fingerprint density at radius 1 is 1.04 bits per heavy atom. The van der Waals surface area contributed by atoms with Crippen LogP contribution in [0.15, 0.2) is 60.8 Å². The Morgan fingerprint density at radius 3 is 2.69 bits per heavy atom. The van der Waals surface area contributed by atoms with Crippen molar-refractivity contribution in [1.82, 2.24) is 4.98 Å². The van der Waals surface area contributed by atoms with Crippen molar-refractivity contribution in [3.05, 3.63) is 88.2 Å². The van der Waals surface area contributed by atoms with E-state index in [1.54, 1.807) is 6.07 Å². The molecule has 4 heteroatoms. The van der Waals surface area contributed by atoms with Crippen LogP contribution in [0.3, 0.4) is 0 Å². The van der Waals surface area contributed by atoms with Gasteiger partial charge in [-0.15, -0.1) is 0 Å². The maximum Gasteiger partial charge on any atom is 0.115 e. The van der Waals surface area contributed by atoms with Gasteiger partial charge < -0.3 is 15.2 Å². The van der Waals surface area contributed by atoms with E-state index in [1.165, 1.54) is 11.1 Å². The number of aliphatic hydroxyl groups excluding tert-OH is 1. The first kappa shape index (κ1) is 17.2. The second-order valence-corrected chi connectivity index (χ2v) is 7.54. The molecule has 3 nitrogen and oxygen atoms in total. The summed E-state index contributed by atoms with van der Waals surface area (Å²) in [5.41, 5.74) is 4.34. The second-order valence-electron chi connectivity index (χ2n) is 7.11. The van der Waals surface area contributed by atoms with E-state index in [0.717, 1.165) is 30.5 Å². The fourth-order valence-corrected chi connectivity index (χ4v) is 4.41. The van der Waals surface area contributed by atoms with Gasteiger partial charge in [0.1, 0.15) is 5.75 Å². The van der Waals surface area contributed by atoms with Gasteiger partial charge in [-0.2, -0.15) is 0 Å². The molecule has 3 N–H and O–H groups in total. The molecule has 0 aliphatic heterocycles. The molecule has 3 atom stereocenters. The molecule has 1 aliphatic carbocycles. The first-order valence-electron chi connectivity index (χ1n) is 8.99. The first-order valence-corrected chi connectivity index (χ1v) is 9.37. The first-order chi connectivity index (χ1) is 12.6. The van der Waals surface area contributed by atoms with Crippen LogP contribution in [0.2, 0.25) is 5.02 Å². The van der Waals surface area contributed by atoms with Crippen LogP contribution in [-0.4, -0.2) is 15.2 Å². The fraction of sp³-hybridized carbons (Fsp3) is 0.273. The number of hydrogen-bond acceptors (Lipinski definition) is 2. The van der Waals surface area contributed by atoms with Gasteiger partial charge in [0, 0.05) is 22.8 Å². The normalized spacial score (nSPS) is 18.9. The van der Waals surface area contributed by atoms with Crippen molar-refractivity contribution >= 4 is 11.6 Å². The molecule has 0 saturated carbocycles. The molecule has 1 aromatic heterocycles. The average molecular weight is 368 g/mol. The maximum absolute atomic E-state index is 11.2. The van der Waals surface area contributed by atoms with E-state index in [9.17, 15) is 10.2 Å². The van der Waals surface area contributed by atoms with E-state index in [-0.39, 0.29) is 11.8 Å². The minimum Gasteiger partial charge on any atom is -0.508 e. The number of phenolic OH excluding ortho intramolecular Hbond substituents is 1. The number of aromatic hydroxyl groups is 1. The minimum atomic E-state index is -0.642. The number of halogens is 1. The Bertz CT molecular complexity index is 891. The number of H-pyrrole nitrogens is 1. The lowest BCUT2D eigenvalue weighted by Crippen LogP contribution is -2.26. The third-order valence-corrected chi connectivity index (χ3v) is 5.71. The number of rotatable bonds is 4. The lowest BCUT2D eigenvalue weighted by molar-refractivity contribution is 0.108. The summed E-state index contributed by atoms with van der Waals surface area (Å²) in [5.74, 6) is 0.520. The van der Waals surface area contributed by atoms with Gasteiger partial charge in [-0.05, 0) is 78.3 Å². The highest BCUT2D eigenvalue weighted by Gasteiger charge is 2.34. The molecule has 0 fully saturated rings. The summed E-state index contributed by atoms with van der Waals surface area (Å²) in [6.07, 6.45) is 4.05. The Kier molecular flexibility index (Phi) is 4.75. The molecule has 0 saturated heterocycles. The van der Waals surface area contributed by atoms with Crippen molar-refractivity contribution in [3.8, 4) is 5.75 Å². The van der Waals surface area contributed by atoms with Gasteiger partial charge in [0.25, 0.3) is 0 Å². The Morgan fingerprint density at radius 2 is 1.92 bits per heavy atom. The van der Waals surface area contributed by atoms with Crippen LogP contribution in [0.1, 0.15) is 40.8 Å². The van der Waals surface area contributed by atoms with Crippen molar-refractivity contribution in [3.63, 3.8) is 0 Å². The molecule has 26 heavy (non-hydrogen) atoms. The van der Waals surface area contributed by atoms with Crippen LogP contribution in [0.25, 0.3) is 0 Å². The maximum atomic E-state index is 11.2. The molecule has 1 heterocycles. The monoisotopic (exact) mass is 367 g/mol. The van der Waals surface area contributed by atoms with E-state index in [0.29, 0.717) is 10.8 Å². The van der Waals surface area contributed by atoms with Gasteiger partial charge in [0.2, 0.25) is 0 Å². The molecule has 4 rings (SSSR count). The highest BCUT2D eigenvalue weighted by Crippen LogP contribution is 2.43. The van der Waals surface area contributed by atoms with Gasteiger partial charge in [0.05, 0.1) is 6.10 Å². The summed E-state index contributed by atoms with van der Waals surface area (Å²) in [4.78, 5) is 3.29. The number of benzene rings is 2. The third-order valence-electron chi connectivity index (χ3n) is 5.48. The highest BCUT2D eigenvalue weighted by atomic mass is 35.5. The quantitative estimate of drug-likeness (QED) is 0.608. The highest BCUT2D eigenvalue weighted by molar-refractivity contribution is 6.30. The smallest absolute Gasteiger partial charge is 0.115 e. The topological polar surface area (TPSA) is 56.2 Å². The number of phenols is 1. The molecule has 1 aliphatic rings. The van der Waals surface area contributed by atoms with E-state index in [4.69, 9.17) is 11.6 Å². The van der Waals surface area contributed by atoms with E-state index in [2.05, 4.69) is 4.98 Å². The van der Waals surface area contributed by atoms with E-state index < -0.39 is 6.10 Å². The van der Waals surface area contributed by atoms with Gasteiger partial charge in [-0.25, -0.2) is 0 Å². The SMILES string of the molecule is Oc1ccc2c(c1)CC(C(c1ccc[nH]1)C(O)c1cccc(Cl)c1)CC2. The van der Waals surface area contributed by atoms with Crippen LogP contribution < -0.4 is 0 Å². The molecule has 3 aromatic rings. The predicted octanol–water partition coefficient (Wildman–Crippen LogP) is 5.00. The van der Waals surface area contributed by atoms with Gasteiger partial charge >= 0.3 is 0 Å². The zero-order valence-corrected chi connectivity index (χ0v) is 15.2. The lowest BCUT2D eigenvalue weighted by Gasteiger charge is -2.34. The number of aromatic amines is 1. The van der Waals surface area contributed by atoms with Crippen molar-refractivity contribution in [1.29, 1.82) is 0 Å². The lowest BCUT2D eigenvalue weighted by atomic mass is 9.72. The van der Waals surface area contributed by atoms with Crippen LogP contribution >= 0.6 is 11.6 Å². The number of fused-ring (bicyclic) bond motifs is 1. The van der Waals surface area contributed by atoms with Crippen molar-refractivity contribution < 1.29 is 10.2 Å². The number of aliphatic hydroxyl groups is 1. The summed E-state index contributed by atoms with van der Waals surface area (Å²) in [5, 5.41) is 21.7. The van der Waals surface area contributed by atoms with Gasteiger partial charge in [-0.1, -0.05) is 29.8 Å². The standard InChI is InChI=1S/C22H22ClNO2/c23-18-4-1-3-16(12-18)22(26)21(20-5-2-10-24-20)15-7-6-14-8-9-19(25)13-17(14)11-15/h1-5,8-10,12-13,15,21-22,24-26H,6-7,11H2. The molecule has 0 bridgehead atoms. The summed E-state index contributed by atoms with van der Waals surface area (Å²) in [6, 6.07) is 17.1. The van der Waals surface area contributed by atoms with Crippen molar-refractivity contribution in [2.45, 2.75) is 31.3 Å². The van der Waals surface area contributed by atoms with E-state index in [1.807, 2.05) is 54.7 Å². The van der Waals surface area contributed by atoms with Crippen LogP contribution in [0.5, 0.6) is 5.75 Å². The van der Waals surface area contributed by atoms with Crippen LogP contribution in [0.4, 0.5) is 0 Å². The molecule has 3 unspecified atom stereocenters. The Balaban J connectivity index is 1.68. The predicted molar refractivity (Wildman–Crippen MR) is 104 cm³/mol. The summed E-state index contributed by atoms with van der Waals surface area (Å²) < 4.78 is 0. The molecule has 134 valence electrons. The Hall–Kier alpha value is -2.23. The summed E-state index contributed by atoms with van der Waals surface area (Å²) in [7, 11) is 0. The van der Waals surface area contributed by atoms with Crippen LogP contribution in [0, 0.1) is 5.92 Å². The molecule has 0 radical (unpaired) electrons. The minimum absolute atomic E-state index is 0.0565. The second kappa shape index (κ2) is 7.18. The van der Waals surface area contributed by atoms with Crippen LogP contribution in [-0.2, 0) is 12.8 Å². The fourth-order valence-electron chi connectivity index (χ4n) is 4.21. The molecule has 0 amide bonds. The molecule has 0 spiro atoms.